The molecule has 3 N–H and O–H groups in total. The maximum Gasteiger partial charge on any atom is 0.410 e. The molecule has 0 heterocycles. The van der Waals surface area contributed by atoms with E-state index in [9.17, 15) is 10.0 Å². The van der Waals surface area contributed by atoms with Crippen LogP contribution in [0.25, 0.3) is 0 Å². The van der Waals surface area contributed by atoms with Crippen molar-refractivity contribution in [2.75, 3.05) is 19.9 Å². The van der Waals surface area contributed by atoms with Gasteiger partial charge in [-0.05, 0) is 66.7 Å². The Morgan fingerprint density at radius 1 is 1.35 bits per heavy atom. The molecule has 0 aromatic rings. The largest absolute Gasteiger partial charge is 0.444 e. The summed E-state index contributed by atoms with van der Waals surface area (Å²) in [7, 11) is 1.65. The summed E-state index contributed by atoms with van der Waals surface area (Å²) in [5.74, 6) is 0.275. The Balaban J connectivity index is 2.88. The number of hydrogen-bond donors (Lipinski definition) is 2. The predicted molar refractivity (Wildman–Crippen MR) is 106 cm³/mol. The van der Waals surface area contributed by atoms with E-state index in [4.69, 9.17) is 14.7 Å². The molecule has 0 aromatic heterocycles. The van der Waals surface area contributed by atoms with Crippen molar-refractivity contribution in [3.8, 4) is 0 Å². The summed E-state index contributed by atoms with van der Waals surface area (Å²) in [6.07, 6.45) is 3.65. The summed E-state index contributed by atoms with van der Waals surface area (Å²) in [6, 6.07) is 0. The van der Waals surface area contributed by atoms with Crippen LogP contribution in [-0.2, 0) is 20.1 Å². The van der Waals surface area contributed by atoms with Gasteiger partial charge in [-0.15, -0.1) is 0 Å². The smallest absolute Gasteiger partial charge is 0.410 e. The van der Waals surface area contributed by atoms with Crippen molar-refractivity contribution in [1.29, 1.82) is 0 Å². The van der Waals surface area contributed by atoms with Crippen LogP contribution in [0.15, 0.2) is 5.16 Å². The second-order valence-corrected chi connectivity index (χ2v) is 11.4. The Morgan fingerprint density at radius 3 is 2.38 bits per heavy atom. The van der Waals surface area contributed by atoms with Crippen LogP contribution in [0.1, 0.15) is 60.8 Å². The Bertz CT molecular complexity index is 528. The summed E-state index contributed by atoms with van der Waals surface area (Å²) >= 11 is -0.170. The van der Waals surface area contributed by atoms with Crippen molar-refractivity contribution < 1.29 is 18.9 Å². The number of ether oxygens (including phenoxy) is 1. The van der Waals surface area contributed by atoms with Crippen LogP contribution in [0.2, 0.25) is 0 Å². The summed E-state index contributed by atoms with van der Waals surface area (Å²) in [5, 5.41) is 12.5. The Labute approximate surface area is 160 Å². The molecule has 0 saturated heterocycles. The lowest BCUT2D eigenvalue weighted by atomic mass is 9.93. The first-order valence-electron chi connectivity index (χ1n) is 8.97. The van der Waals surface area contributed by atoms with Crippen molar-refractivity contribution >= 4 is 23.1 Å². The molecule has 8 heteroatoms. The number of nitrogens with two attached hydrogens (primary N) is 1. The molecule has 0 radical (unpaired) electrons. The van der Waals surface area contributed by atoms with Crippen LogP contribution in [0.5, 0.6) is 0 Å². The van der Waals surface area contributed by atoms with Crippen molar-refractivity contribution in [1.82, 2.24) is 4.90 Å². The normalized spacial score (nSPS) is 25.8. The first-order valence-corrected chi connectivity index (χ1v) is 10.5. The first-order chi connectivity index (χ1) is 11.7. The van der Waals surface area contributed by atoms with E-state index in [1.807, 2.05) is 20.8 Å². The summed E-state index contributed by atoms with van der Waals surface area (Å²) in [4.78, 5) is 14.0. The standard InChI is InChI=1S/C18H35N3O4S/c1-16(2,3)25-15(22)21(7)18(14(19)20-23)10-9-13(11-18)12-24-26(8)17(4,5)6/h13H,9-12H2,1-8H3,(H2-,19,20,23)/p+1. The molecule has 1 aliphatic rings. The second kappa shape index (κ2) is 8.25. The minimum atomic E-state index is -0.848. The molecule has 3 unspecified atom stereocenters. The molecular weight excluding hydrogens is 354 g/mol. The zero-order valence-electron chi connectivity index (χ0n) is 17.5. The number of carbonyl (C=O) groups excluding carboxylic acids is 1. The van der Waals surface area contributed by atoms with E-state index in [2.05, 4.69) is 32.2 Å². The van der Waals surface area contributed by atoms with Gasteiger partial charge in [-0.2, -0.15) is 4.18 Å². The SMILES string of the molecule is CN(C(=O)OC(C)(C)C)C1(/C(N)=N/O)CCC(CO[S+](C)C(C)(C)C)C1. The van der Waals surface area contributed by atoms with Crippen molar-refractivity contribution in [3.05, 3.63) is 0 Å². The van der Waals surface area contributed by atoms with E-state index in [1.165, 1.54) is 4.90 Å². The zero-order valence-corrected chi connectivity index (χ0v) is 18.3. The van der Waals surface area contributed by atoms with Crippen molar-refractivity contribution in [3.63, 3.8) is 0 Å². The van der Waals surface area contributed by atoms with Gasteiger partial charge in [0.1, 0.15) is 35.2 Å². The first kappa shape index (κ1) is 22.9. The topological polar surface area (TPSA) is 97.4 Å². The molecule has 0 spiro atoms. The van der Waals surface area contributed by atoms with Crippen molar-refractivity contribution in [2.45, 2.75) is 76.7 Å². The molecule has 1 fully saturated rings. The number of likely N-dealkylation sites (N-methyl/N-ethyl adjacent to an activating group) is 1. The molecule has 1 aliphatic carbocycles. The highest BCUT2D eigenvalue weighted by Gasteiger charge is 2.49. The van der Waals surface area contributed by atoms with E-state index < -0.39 is 17.2 Å². The Morgan fingerprint density at radius 2 is 1.92 bits per heavy atom. The van der Waals surface area contributed by atoms with Crippen LogP contribution in [0.3, 0.4) is 0 Å². The van der Waals surface area contributed by atoms with Gasteiger partial charge in [-0.25, -0.2) is 4.79 Å². The van der Waals surface area contributed by atoms with Gasteiger partial charge in [0, 0.05) is 7.05 Å². The van der Waals surface area contributed by atoms with E-state index in [0.29, 0.717) is 19.4 Å². The average molecular weight is 391 g/mol. The lowest BCUT2D eigenvalue weighted by Crippen LogP contribution is -2.57. The predicted octanol–water partition coefficient (Wildman–Crippen LogP) is 3.12. The van der Waals surface area contributed by atoms with E-state index in [0.717, 1.165) is 6.42 Å². The van der Waals surface area contributed by atoms with Gasteiger partial charge in [0.05, 0.1) is 0 Å². The monoisotopic (exact) mass is 390 g/mol. The van der Waals surface area contributed by atoms with E-state index >= 15 is 0 Å². The summed E-state index contributed by atoms with van der Waals surface area (Å²) in [5.41, 5.74) is 4.56. The molecule has 0 aliphatic heterocycles. The molecule has 0 aromatic carbocycles. The number of carbonyl (C=O) groups is 1. The third kappa shape index (κ3) is 5.67. The highest BCUT2D eigenvalue weighted by molar-refractivity contribution is 7.93. The highest BCUT2D eigenvalue weighted by Crippen LogP contribution is 2.40. The molecule has 152 valence electrons. The van der Waals surface area contributed by atoms with Gasteiger partial charge in [0.15, 0.2) is 10.6 Å². The van der Waals surface area contributed by atoms with Gasteiger partial charge >= 0.3 is 6.09 Å². The minimum absolute atomic E-state index is 0.0414. The fraction of sp³-hybridized carbons (Fsp3) is 0.889. The molecule has 0 bridgehead atoms. The highest BCUT2D eigenvalue weighted by atomic mass is 32.2. The lowest BCUT2D eigenvalue weighted by Gasteiger charge is -2.38. The zero-order chi connectivity index (χ0) is 20.3. The molecule has 1 saturated carbocycles. The van der Waals surface area contributed by atoms with Crippen molar-refractivity contribution in [2.24, 2.45) is 16.8 Å². The van der Waals surface area contributed by atoms with Crippen LogP contribution < -0.4 is 5.73 Å². The van der Waals surface area contributed by atoms with Gasteiger partial charge in [-0.1, -0.05) is 5.16 Å². The minimum Gasteiger partial charge on any atom is -0.444 e. The van der Waals surface area contributed by atoms with Gasteiger partial charge in [0.2, 0.25) is 0 Å². The quantitative estimate of drug-likeness (QED) is 0.247. The van der Waals surface area contributed by atoms with Gasteiger partial charge in [-0.3, -0.25) is 4.90 Å². The van der Waals surface area contributed by atoms with Crippen LogP contribution in [0.4, 0.5) is 4.79 Å². The lowest BCUT2D eigenvalue weighted by molar-refractivity contribution is 0.0151. The maximum atomic E-state index is 12.6. The van der Waals surface area contributed by atoms with Gasteiger partial charge in [0.25, 0.3) is 0 Å². The molecule has 26 heavy (non-hydrogen) atoms. The average Bonchev–Trinajstić information content (AvgIpc) is 2.93. The molecule has 3 atom stereocenters. The Hall–Kier alpha value is -1.15. The number of amidine groups is 1. The van der Waals surface area contributed by atoms with Crippen LogP contribution in [-0.4, -0.2) is 57.8 Å². The second-order valence-electron chi connectivity index (χ2n) is 9.02. The number of hydrogen-bond acceptors (Lipinski definition) is 5. The van der Waals surface area contributed by atoms with E-state index in [1.54, 1.807) is 7.05 Å². The number of oxime groups is 1. The third-order valence-corrected chi connectivity index (χ3v) is 7.04. The third-order valence-electron chi connectivity index (χ3n) is 4.83. The number of amides is 1. The molecule has 1 amide bonds. The molecule has 1 rings (SSSR count). The van der Waals surface area contributed by atoms with Crippen LogP contribution >= 0.6 is 0 Å². The van der Waals surface area contributed by atoms with Crippen LogP contribution in [0, 0.1) is 5.92 Å². The number of rotatable bonds is 5. The summed E-state index contributed by atoms with van der Waals surface area (Å²) in [6.45, 7) is 12.5. The van der Waals surface area contributed by atoms with E-state index in [-0.39, 0.29) is 27.7 Å². The fourth-order valence-electron chi connectivity index (χ4n) is 2.95. The Kier molecular flexibility index (Phi) is 7.26. The molecule has 7 nitrogen and oxygen atoms in total. The fourth-order valence-corrected chi connectivity index (χ4v) is 3.70. The van der Waals surface area contributed by atoms with Gasteiger partial charge < -0.3 is 15.7 Å². The number of nitrogens with zero attached hydrogens (tertiary/aromatic N) is 2. The molecular formula is C18H36N3O4S+. The maximum absolute atomic E-state index is 12.6. The summed E-state index contributed by atoms with van der Waals surface area (Å²) < 4.78 is 11.6.